The molecule has 0 saturated carbocycles. The summed E-state index contributed by atoms with van der Waals surface area (Å²) < 4.78 is 2.22. The van der Waals surface area contributed by atoms with Gasteiger partial charge in [-0.2, -0.15) is 0 Å². The second-order valence-electron chi connectivity index (χ2n) is 6.30. The van der Waals surface area contributed by atoms with Gasteiger partial charge in [0, 0.05) is 13.1 Å². The lowest BCUT2D eigenvalue weighted by atomic mass is 10.1. The van der Waals surface area contributed by atoms with Crippen molar-refractivity contribution in [1.82, 2.24) is 9.13 Å². The van der Waals surface area contributed by atoms with Crippen molar-refractivity contribution in [2.24, 2.45) is 5.73 Å². The van der Waals surface area contributed by atoms with E-state index in [0.717, 1.165) is 28.4 Å². The second kappa shape index (κ2) is 9.03. The Bertz CT molecular complexity index is 869. The van der Waals surface area contributed by atoms with Crippen LogP contribution in [0.15, 0.2) is 39.9 Å². The average Bonchev–Trinajstić information content (AvgIpc) is 2.61. The van der Waals surface area contributed by atoms with Crippen LogP contribution in [0.1, 0.15) is 43.7 Å². The largest absolute Gasteiger partial charge is 0.494 e. The fraction of sp³-hybridized carbons (Fsp3) is 0.421. The van der Waals surface area contributed by atoms with E-state index < -0.39 is 23.0 Å². The number of benzene rings is 1. The maximum Gasteiger partial charge on any atom is 0.333 e. The summed E-state index contributed by atoms with van der Waals surface area (Å²) in [5.41, 5.74) is 5.11. The number of amidine groups is 1. The molecule has 1 heterocycles. The van der Waals surface area contributed by atoms with Gasteiger partial charge in [-0.25, -0.2) is 4.79 Å². The molecule has 0 unspecified atom stereocenters. The van der Waals surface area contributed by atoms with Crippen LogP contribution in [0.2, 0.25) is 0 Å². The van der Waals surface area contributed by atoms with Gasteiger partial charge in [-0.3, -0.25) is 19.3 Å². The SMILES string of the molecule is CCCCn1c(=O)c(C(=N)N)c(O)n(CCCCc2ccccc2)c1=O. The summed E-state index contributed by atoms with van der Waals surface area (Å²) in [6.07, 6.45) is 3.83. The van der Waals surface area contributed by atoms with Crippen molar-refractivity contribution in [2.75, 3.05) is 0 Å². The molecule has 0 aliphatic rings. The monoisotopic (exact) mass is 358 g/mol. The molecule has 0 fully saturated rings. The lowest BCUT2D eigenvalue weighted by Crippen LogP contribution is -2.43. The predicted octanol–water partition coefficient (Wildman–Crippen LogP) is 1.82. The third-order valence-electron chi connectivity index (χ3n) is 4.34. The molecule has 26 heavy (non-hydrogen) atoms. The second-order valence-corrected chi connectivity index (χ2v) is 6.30. The highest BCUT2D eigenvalue weighted by molar-refractivity contribution is 5.96. The average molecular weight is 358 g/mol. The highest BCUT2D eigenvalue weighted by Crippen LogP contribution is 2.12. The number of aryl methyl sites for hydroxylation is 1. The van der Waals surface area contributed by atoms with E-state index in [4.69, 9.17) is 11.1 Å². The number of aromatic hydroxyl groups is 1. The van der Waals surface area contributed by atoms with Gasteiger partial charge in [0.05, 0.1) is 0 Å². The minimum Gasteiger partial charge on any atom is -0.494 e. The molecule has 7 heteroatoms. The van der Waals surface area contributed by atoms with E-state index in [1.165, 1.54) is 5.56 Å². The molecular formula is C19H26N4O3. The number of nitrogen functional groups attached to an aromatic ring is 1. The van der Waals surface area contributed by atoms with Crippen molar-refractivity contribution in [3.05, 3.63) is 62.3 Å². The molecule has 1 aromatic heterocycles. The fourth-order valence-electron chi connectivity index (χ4n) is 2.88. The summed E-state index contributed by atoms with van der Waals surface area (Å²) in [7, 11) is 0. The van der Waals surface area contributed by atoms with E-state index in [1.807, 2.05) is 37.3 Å². The Morgan fingerprint density at radius 2 is 1.73 bits per heavy atom. The van der Waals surface area contributed by atoms with Crippen molar-refractivity contribution < 1.29 is 5.11 Å². The third kappa shape index (κ3) is 4.41. The molecule has 0 amide bonds. The summed E-state index contributed by atoms with van der Waals surface area (Å²) in [6.45, 7) is 2.47. The van der Waals surface area contributed by atoms with Crippen molar-refractivity contribution in [3.63, 3.8) is 0 Å². The van der Waals surface area contributed by atoms with Crippen LogP contribution in [0.25, 0.3) is 0 Å². The number of unbranched alkanes of at least 4 members (excludes halogenated alkanes) is 2. The number of hydrogen-bond donors (Lipinski definition) is 3. The van der Waals surface area contributed by atoms with E-state index in [0.29, 0.717) is 12.8 Å². The van der Waals surface area contributed by atoms with Crippen LogP contribution < -0.4 is 17.0 Å². The number of nitrogens with two attached hydrogens (primary N) is 1. The summed E-state index contributed by atoms with van der Waals surface area (Å²) in [5.74, 6) is -1.05. The summed E-state index contributed by atoms with van der Waals surface area (Å²) in [4.78, 5) is 25.0. The van der Waals surface area contributed by atoms with Crippen LogP contribution in [0.4, 0.5) is 0 Å². The van der Waals surface area contributed by atoms with Crippen molar-refractivity contribution >= 4 is 5.84 Å². The number of rotatable bonds is 9. The van der Waals surface area contributed by atoms with E-state index in [2.05, 4.69) is 0 Å². The van der Waals surface area contributed by atoms with Gasteiger partial charge < -0.3 is 10.8 Å². The van der Waals surface area contributed by atoms with Gasteiger partial charge in [-0.1, -0.05) is 43.7 Å². The molecule has 0 saturated heterocycles. The van der Waals surface area contributed by atoms with E-state index in [-0.39, 0.29) is 18.7 Å². The van der Waals surface area contributed by atoms with Crippen LogP contribution in [-0.2, 0) is 19.5 Å². The molecule has 0 aliphatic heterocycles. The lowest BCUT2D eigenvalue weighted by Gasteiger charge is -2.15. The molecule has 0 aliphatic carbocycles. The van der Waals surface area contributed by atoms with Gasteiger partial charge in [0.2, 0.25) is 5.88 Å². The number of aromatic nitrogens is 2. The van der Waals surface area contributed by atoms with E-state index in [1.54, 1.807) is 0 Å². The van der Waals surface area contributed by atoms with Gasteiger partial charge in [-0.15, -0.1) is 0 Å². The molecule has 0 spiro atoms. The number of hydrogen-bond acceptors (Lipinski definition) is 4. The first-order valence-electron chi connectivity index (χ1n) is 8.92. The number of nitrogens with one attached hydrogen (secondary N) is 1. The Morgan fingerprint density at radius 1 is 1.08 bits per heavy atom. The summed E-state index contributed by atoms with van der Waals surface area (Å²) in [6, 6.07) is 10.0. The first-order valence-corrected chi connectivity index (χ1v) is 8.92. The van der Waals surface area contributed by atoms with Crippen LogP contribution in [0, 0.1) is 5.41 Å². The van der Waals surface area contributed by atoms with Crippen LogP contribution in [0.5, 0.6) is 5.88 Å². The maximum atomic E-state index is 12.6. The molecular weight excluding hydrogens is 332 g/mol. The first kappa shape index (κ1) is 19.5. The molecule has 0 bridgehead atoms. The van der Waals surface area contributed by atoms with E-state index >= 15 is 0 Å². The Labute approximate surface area is 152 Å². The van der Waals surface area contributed by atoms with Crippen molar-refractivity contribution in [2.45, 2.75) is 52.1 Å². The molecule has 4 N–H and O–H groups in total. The van der Waals surface area contributed by atoms with Crippen LogP contribution >= 0.6 is 0 Å². The highest BCUT2D eigenvalue weighted by atomic mass is 16.3. The van der Waals surface area contributed by atoms with Gasteiger partial charge in [-0.05, 0) is 31.2 Å². The molecule has 0 atom stereocenters. The molecule has 0 radical (unpaired) electrons. The Morgan fingerprint density at radius 3 is 2.35 bits per heavy atom. The van der Waals surface area contributed by atoms with Crippen LogP contribution in [-0.4, -0.2) is 20.1 Å². The number of nitrogens with zero attached hydrogens (tertiary/aromatic N) is 2. The van der Waals surface area contributed by atoms with E-state index in [9.17, 15) is 14.7 Å². The highest BCUT2D eigenvalue weighted by Gasteiger charge is 2.20. The van der Waals surface area contributed by atoms with Gasteiger partial charge >= 0.3 is 5.69 Å². The fourth-order valence-corrected chi connectivity index (χ4v) is 2.88. The third-order valence-corrected chi connectivity index (χ3v) is 4.34. The molecule has 7 nitrogen and oxygen atoms in total. The van der Waals surface area contributed by atoms with Gasteiger partial charge in [0.1, 0.15) is 11.4 Å². The Kier molecular flexibility index (Phi) is 6.77. The first-order chi connectivity index (χ1) is 12.5. The minimum absolute atomic E-state index is 0.249. The molecule has 2 aromatic rings. The molecule has 2 rings (SSSR count). The maximum absolute atomic E-state index is 12.6. The van der Waals surface area contributed by atoms with Crippen LogP contribution in [0.3, 0.4) is 0 Å². The summed E-state index contributed by atoms with van der Waals surface area (Å²) >= 11 is 0. The Balaban J connectivity index is 2.23. The normalized spacial score (nSPS) is 10.8. The zero-order chi connectivity index (χ0) is 19.1. The standard InChI is InChI=1S/C19H26N4O3/c1-2-3-12-22-17(24)15(16(20)21)18(25)23(19(22)26)13-8-7-11-14-9-5-4-6-10-14/h4-6,9-10,25H,2-3,7-8,11-13H2,1H3,(H3,20,21). The minimum atomic E-state index is -0.700. The van der Waals surface area contributed by atoms with Gasteiger partial charge in [0.15, 0.2) is 0 Å². The molecule has 140 valence electrons. The zero-order valence-electron chi connectivity index (χ0n) is 15.1. The Hall–Kier alpha value is -2.83. The smallest absolute Gasteiger partial charge is 0.333 e. The quantitative estimate of drug-likeness (QED) is 0.360. The zero-order valence-corrected chi connectivity index (χ0v) is 15.1. The molecule has 1 aromatic carbocycles. The summed E-state index contributed by atoms with van der Waals surface area (Å²) in [5, 5.41) is 17.9. The van der Waals surface area contributed by atoms with Crippen molar-refractivity contribution in [1.29, 1.82) is 5.41 Å². The van der Waals surface area contributed by atoms with Gasteiger partial charge in [0.25, 0.3) is 5.56 Å². The predicted molar refractivity (Wildman–Crippen MR) is 102 cm³/mol. The topological polar surface area (TPSA) is 114 Å². The van der Waals surface area contributed by atoms with Crippen molar-refractivity contribution in [3.8, 4) is 5.88 Å². The lowest BCUT2D eigenvalue weighted by molar-refractivity contribution is 0.379.